The lowest BCUT2D eigenvalue weighted by Gasteiger charge is -2.09. The molecule has 1 aromatic carbocycles. The van der Waals surface area contributed by atoms with Crippen molar-refractivity contribution >= 4 is 17.2 Å². The second-order valence-electron chi connectivity index (χ2n) is 5.85. The number of benzene rings is 1. The highest BCUT2D eigenvalue weighted by molar-refractivity contribution is 7.17. The van der Waals surface area contributed by atoms with Crippen LogP contribution in [-0.4, -0.2) is 30.1 Å². The normalized spacial score (nSPS) is 17.7. The summed E-state index contributed by atoms with van der Waals surface area (Å²) in [5.74, 6) is -0.233. The zero-order chi connectivity index (χ0) is 18.0. The maximum Gasteiger partial charge on any atom is 0.416 e. The Bertz CT molecular complexity index is 750. The lowest BCUT2D eigenvalue weighted by atomic mass is 10.1. The molecule has 1 aromatic heterocycles. The van der Waals surface area contributed by atoms with Crippen LogP contribution in [0.2, 0.25) is 0 Å². The second-order valence-corrected chi connectivity index (χ2v) is 6.85. The summed E-state index contributed by atoms with van der Waals surface area (Å²) >= 11 is 1.17. The molecule has 0 unspecified atom stereocenters. The van der Waals surface area contributed by atoms with E-state index >= 15 is 0 Å². The fourth-order valence-electron chi connectivity index (χ4n) is 2.62. The maximum absolute atomic E-state index is 12.6. The van der Waals surface area contributed by atoms with E-state index in [1.807, 2.05) is 0 Å². The first kappa shape index (κ1) is 17.9. The van der Waals surface area contributed by atoms with Crippen molar-refractivity contribution in [1.29, 1.82) is 0 Å². The number of alkyl halides is 3. The standard InChI is InChI=1S/C17H17F3N2O2S/c1-10-14(15(23)21-9-13-3-2-8-24-13)25-16(22-10)11-4-6-12(7-5-11)17(18,19)20/h4-7,13H,2-3,8-9H2,1H3,(H,21,23)/t13-/m1/s1. The molecular weight excluding hydrogens is 353 g/mol. The molecule has 1 aliphatic heterocycles. The monoisotopic (exact) mass is 370 g/mol. The Labute approximate surface area is 147 Å². The molecule has 1 amide bonds. The van der Waals surface area contributed by atoms with Crippen LogP contribution in [0, 0.1) is 6.92 Å². The van der Waals surface area contributed by atoms with Crippen LogP contribution >= 0.6 is 11.3 Å². The van der Waals surface area contributed by atoms with Gasteiger partial charge in [0.05, 0.1) is 17.4 Å². The molecule has 1 N–H and O–H groups in total. The Morgan fingerprint density at radius 3 is 2.68 bits per heavy atom. The fourth-order valence-corrected chi connectivity index (χ4v) is 3.61. The zero-order valence-corrected chi connectivity index (χ0v) is 14.3. The predicted octanol–water partition coefficient (Wildman–Crippen LogP) is 4.05. The van der Waals surface area contributed by atoms with Crippen LogP contribution in [0.25, 0.3) is 10.6 Å². The van der Waals surface area contributed by atoms with Gasteiger partial charge in [-0.1, -0.05) is 12.1 Å². The van der Waals surface area contributed by atoms with Crippen molar-refractivity contribution < 1.29 is 22.7 Å². The van der Waals surface area contributed by atoms with Crippen molar-refractivity contribution in [3.05, 3.63) is 40.4 Å². The number of halogens is 3. The highest BCUT2D eigenvalue weighted by Gasteiger charge is 2.30. The van der Waals surface area contributed by atoms with Gasteiger partial charge in [0, 0.05) is 18.7 Å². The number of carbonyl (C=O) groups is 1. The van der Waals surface area contributed by atoms with Crippen LogP contribution in [0.1, 0.15) is 33.8 Å². The van der Waals surface area contributed by atoms with Crippen molar-refractivity contribution in [3.8, 4) is 10.6 Å². The highest BCUT2D eigenvalue weighted by atomic mass is 32.1. The minimum absolute atomic E-state index is 0.0477. The molecule has 134 valence electrons. The molecule has 0 saturated carbocycles. The summed E-state index contributed by atoms with van der Waals surface area (Å²) in [5.41, 5.74) is 0.406. The van der Waals surface area contributed by atoms with Gasteiger partial charge >= 0.3 is 6.18 Å². The smallest absolute Gasteiger partial charge is 0.376 e. The fraction of sp³-hybridized carbons (Fsp3) is 0.412. The Kier molecular flexibility index (Phi) is 5.10. The Morgan fingerprint density at radius 2 is 2.08 bits per heavy atom. The number of hydrogen-bond acceptors (Lipinski definition) is 4. The number of thiazole rings is 1. The molecule has 0 spiro atoms. The number of rotatable bonds is 4. The molecule has 25 heavy (non-hydrogen) atoms. The van der Waals surface area contributed by atoms with Crippen molar-refractivity contribution in [1.82, 2.24) is 10.3 Å². The number of amides is 1. The van der Waals surface area contributed by atoms with Gasteiger partial charge in [-0.2, -0.15) is 13.2 Å². The summed E-state index contributed by atoms with van der Waals surface area (Å²) < 4.78 is 43.4. The first-order valence-electron chi connectivity index (χ1n) is 7.89. The number of ether oxygens (including phenoxy) is 1. The van der Waals surface area contributed by atoms with E-state index in [-0.39, 0.29) is 12.0 Å². The number of aromatic nitrogens is 1. The first-order chi connectivity index (χ1) is 11.8. The number of carbonyl (C=O) groups excluding carboxylic acids is 1. The highest BCUT2D eigenvalue weighted by Crippen LogP contribution is 2.33. The SMILES string of the molecule is Cc1nc(-c2ccc(C(F)(F)F)cc2)sc1C(=O)NC[C@H]1CCCO1. The molecule has 1 fully saturated rings. The second kappa shape index (κ2) is 7.13. The summed E-state index contributed by atoms with van der Waals surface area (Å²) in [4.78, 5) is 17.1. The minimum atomic E-state index is -4.37. The molecule has 3 rings (SSSR count). The lowest BCUT2D eigenvalue weighted by Crippen LogP contribution is -2.31. The summed E-state index contributed by atoms with van der Waals surface area (Å²) in [5, 5.41) is 3.35. The van der Waals surface area contributed by atoms with Gasteiger partial charge in [-0.05, 0) is 31.9 Å². The molecule has 2 aromatic rings. The van der Waals surface area contributed by atoms with E-state index < -0.39 is 11.7 Å². The minimum Gasteiger partial charge on any atom is -0.376 e. The Hall–Kier alpha value is -1.93. The molecular formula is C17H17F3N2O2S. The quantitative estimate of drug-likeness (QED) is 0.884. The topological polar surface area (TPSA) is 51.2 Å². The van der Waals surface area contributed by atoms with E-state index in [1.54, 1.807) is 6.92 Å². The molecule has 8 heteroatoms. The zero-order valence-electron chi connectivity index (χ0n) is 13.5. The van der Waals surface area contributed by atoms with Gasteiger partial charge in [0.15, 0.2) is 0 Å². The molecule has 0 radical (unpaired) electrons. The third kappa shape index (κ3) is 4.19. The van der Waals surface area contributed by atoms with Crippen LogP contribution in [0.15, 0.2) is 24.3 Å². The van der Waals surface area contributed by atoms with Crippen LogP contribution in [0.3, 0.4) is 0 Å². The molecule has 1 aliphatic rings. The summed E-state index contributed by atoms with van der Waals surface area (Å²) in [6, 6.07) is 4.77. The Morgan fingerprint density at radius 1 is 1.36 bits per heavy atom. The van der Waals surface area contributed by atoms with E-state index in [1.165, 1.54) is 23.5 Å². The van der Waals surface area contributed by atoms with Crippen LogP contribution in [0.5, 0.6) is 0 Å². The van der Waals surface area contributed by atoms with E-state index in [2.05, 4.69) is 10.3 Å². The molecule has 2 heterocycles. The molecule has 1 saturated heterocycles. The van der Waals surface area contributed by atoms with E-state index in [9.17, 15) is 18.0 Å². The van der Waals surface area contributed by atoms with E-state index in [0.717, 1.165) is 31.6 Å². The van der Waals surface area contributed by atoms with Gasteiger partial charge in [0.25, 0.3) is 5.91 Å². The van der Waals surface area contributed by atoms with Gasteiger partial charge < -0.3 is 10.1 Å². The van der Waals surface area contributed by atoms with Gasteiger partial charge in [-0.25, -0.2) is 4.98 Å². The van der Waals surface area contributed by atoms with Crippen LogP contribution in [-0.2, 0) is 10.9 Å². The molecule has 4 nitrogen and oxygen atoms in total. The summed E-state index contributed by atoms with van der Waals surface area (Å²) in [6.45, 7) is 2.88. The third-order valence-corrected chi connectivity index (χ3v) is 5.18. The number of hydrogen-bond donors (Lipinski definition) is 1. The van der Waals surface area contributed by atoms with Crippen molar-refractivity contribution in [3.63, 3.8) is 0 Å². The molecule has 1 atom stereocenters. The average Bonchev–Trinajstić information content (AvgIpc) is 3.21. The molecule has 0 bridgehead atoms. The molecule has 0 aliphatic carbocycles. The van der Waals surface area contributed by atoms with Gasteiger partial charge in [-0.3, -0.25) is 4.79 Å². The van der Waals surface area contributed by atoms with E-state index in [4.69, 9.17) is 4.74 Å². The van der Waals surface area contributed by atoms with Gasteiger partial charge in [0.1, 0.15) is 9.88 Å². The predicted molar refractivity (Wildman–Crippen MR) is 88.6 cm³/mol. The average molecular weight is 370 g/mol. The first-order valence-corrected chi connectivity index (χ1v) is 8.71. The number of nitrogens with zero attached hydrogens (tertiary/aromatic N) is 1. The third-order valence-electron chi connectivity index (χ3n) is 3.98. The maximum atomic E-state index is 12.6. The Balaban J connectivity index is 1.72. The van der Waals surface area contributed by atoms with E-state index in [0.29, 0.717) is 27.7 Å². The van der Waals surface area contributed by atoms with Crippen molar-refractivity contribution in [2.75, 3.05) is 13.2 Å². The number of nitrogens with one attached hydrogen (secondary N) is 1. The van der Waals surface area contributed by atoms with Crippen LogP contribution in [0.4, 0.5) is 13.2 Å². The van der Waals surface area contributed by atoms with Gasteiger partial charge in [0.2, 0.25) is 0 Å². The summed E-state index contributed by atoms with van der Waals surface area (Å²) in [7, 11) is 0. The lowest BCUT2D eigenvalue weighted by molar-refractivity contribution is -0.137. The largest absolute Gasteiger partial charge is 0.416 e. The number of aryl methyl sites for hydroxylation is 1. The van der Waals surface area contributed by atoms with Gasteiger partial charge in [-0.15, -0.1) is 11.3 Å². The summed E-state index contributed by atoms with van der Waals surface area (Å²) in [6.07, 6.45) is -2.40. The van der Waals surface area contributed by atoms with Crippen LogP contribution < -0.4 is 5.32 Å². The van der Waals surface area contributed by atoms with Crippen molar-refractivity contribution in [2.45, 2.75) is 32.0 Å². The van der Waals surface area contributed by atoms with Crippen molar-refractivity contribution in [2.24, 2.45) is 0 Å².